The Labute approximate surface area is 230 Å². The molecule has 1 N–H and O–H groups in total. The highest BCUT2D eigenvalue weighted by atomic mass is 32.2. The Morgan fingerprint density at radius 1 is 0.923 bits per heavy atom. The van der Waals surface area contributed by atoms with E-state index < -0.39 is 39.9 Å². The van der Waals surface area contributed by atoms with Gasteiger partial charge in [-0.25, -0.2) is 12.8 Å². The quantitative estimate of drug-likeness (QED) is 0.405. The zero-order valence-electron chi connectivity index (χ0n) is 23.2. The Kier molecular flexibility index (Phi) is 9.17. The van der Waals surface area contributed by atoms with Gasteiger partial charge in [-0.05, 0) is 89.1 Å². The van der Waals surface area contributed by atoms with Crippen molar-refractivity contribution in [2.24, 2.45) is 0 Å². The van der Waals surface area contributed by atoms with Crippen LogP contribution < -0.4 is 9.62 Å². The predicted octanol–water partition coefficient (Wildman–Crippen LogP) is 4.97. The molecule has 0 heterocycles. The third-order valence-corrected chi connectivity index (χ3v) is 8.06. The molecule has 0 aliphatic rings. The van der Waals surface area contributed by atoms with Crippen molar-refractivity contribution < 1.29 is 22.4 Å². The molecule has 39 heavy (non-hydrogen) atoms. The van der Waals surface area contributed by atoms with Gasteiger partial charge in [0.25, 0.3) is 10.0 Å². The van der Waals surface area contributed by atoms with Crippen LogP contribution in [0.1, 0.15) is 44.4 Å². The largest absolute Gasteiger partial charge is 0.350 e. The van der Waals surface area contributed by atoms with Crippen molar-refractivity contribution >= 4 is 27.5 Å². The third-order valence-electron chi connectivity index (χ3n) is 6.27. The summed E-state index contributed by atoms with van der Waals surface area (Å²) in [4.78, 5) is 28.3. The number of halogens is 1. The van der Waals surface area contributed by atoms with Gasteiger partial charge in [-0.2, -0.15) is 0 Å². The van der Waals surface area contributed by atoms with E-state index in [0.29, 0.717) is 0 Å². The summed E-state index contributed by atoms with van der Waals surface area (Å²) in [6, 6.07) is 17.8. The molecule has 0 unspecified atom stereocenters. The summed E-state index contributed by atoms with van der Waals surface area (Å²) in [7, 11) is -4.25. The molecule has 0 saturated heterocycles. The molecule has 3 aromatic carbocycles. The maximum atomic E-state index is 13.9. The molecule has 9 heteroatoms. The molecular formula is C30H36FN3O4S. The molecule has 0 bridgehead atoms. The molecule has 0 radical (unpaired) electrons. The van der Waals surface area contributed by atoms with E-state index in [2.05, 4.69) is 5.32 Å². The van der Waals surface area contributed by atoms with Crippen molar-refractivity contribution in [1.29, 1.82) is 0 Å². The number of hydrogen-bond donors (Lipinski definition) is 1. The maximum Gasteiger partial charge on any atom is 0.264 e. The van der Waals surface area contributed by atoms with Gasteiger partial charge in [0.1, 0.15) is 18.4 Å². The monoisotopic (exact) mass is 553 g/mol. The fourth-order valence-electron chi connectivity index (χ4n) is 4.00. The zero-order chi connectivity index (χ0) is 29.0. The van der Waals surface area contributed by atoms with Crippen molar-refractivity contribution in [2.45, 2.75) is 64.6 Å². The average Bonchev–Trinajstić information content (AvgIpc) is 2.86. The van der Waals surface area contributed by atoms with Crippen LogP contribution in [0.25, 0.3) is 0 Å². The van der Waals surface area contributed by atoms with Crippen molar-refractivity contribution in [1.82, 2.24) is 10.2 Å². The number of benzene rings is 3. The van der Waals surface area contributed by atoms with Gasteiger partial charge in [0, 0.05) is 12.1 Å². The molecule has 208 valence electrons. The maximum absolute atomic E-state index is 13.9. The minimum Gasteiger partial charge on any atom is -0.350 e. The van der Waals surface area contributed by atoms with Crippen LogP contribution in [0.3, 0.4) is 0 Å². The van der Waals surface area contributed by atoms with Gasteiger partial charge in [-0.15, -0.1) is 0 Å². The lowest BCUT2D eigenvalue weighted by atomic mass is 10.1. The van der Waals surface area contributed by atoms with E-state index in [4.69, 9.17) is 0 Å². The zero-order valence-corrected chi connectivity index (χ0v) is 24.0. The van der Waals surface area contributed by atoms with Gasteiger partial charge < -0.3 is 10.2 Å². The third kappa shape index (κ3) is 7.66. The molecule has 3 aromatic rings. The molecule has 0 aliphatic carbocycles. The summed E-state index contributed by atoms with van der Waals surface area (Å²) in [5.74, 6) is -1.48. The van der Waals surface area contributed by atoms with Gasteiger partial charge in [0.05, 0.1) is 10.6 Å². The number of anilines is 1. The molecule has 0 saturated carbocycles. The minimum atomic E-state index is -4.25. The molecule has 0 aromatic heterocycles. The van der Waals surface area contributed by atoms with Gasteiger partial charge in [0.2, 0.25) is 11.8 Å². The Balaban J connectivity index is 2.04. The van der Waals surface area contributed by atoms with Crippen molar-refractivity contribution in [3.63, 3.8) is 0 Å². The van der Waals surface area contributed by atoms with Gasteiger partial charge in [-0.1, -0.05) is 42.0 Å². The van der Waals surface area contributed by atoms with Crippen LogP contribution in [0, 0.1) is 19.7 Å². The predicted molar refractivity (Wildman–Crippen MR) is 151 cm³/mol. The van der Waals surface area contributed by atoms with Crippen LogP contribution in [-0.2, 0) is 26.2 Å². The number of carbonyl (C=O) groups is 2. The Bertz CT molecular complexity index is 1420. The standard InChI is InChI=1S/C30H36FN3O4S/c1-21-11-15-26(16-12-21)34(39(37,38)27-17-13-25(31)14-18-27)20-28(35)33(19-24-10-8-7-9-22(24)2)23(3)29(36)32-30(4,5)6/h7-18,23H,19-20H2,1-6H3,(H,32,36)/t23-/m1/s1. The number of rotatable bonds is 9. The van der Waals surface area contributed by atoms with Gasteiger partial charge >= 0.3 is 0 Å². The van der Waals surface area contributed by atoms with Gasteiger partial charge in [-0.3, -0.25) is 13.9 Å². The van der Waals surface area contributed by atoms with Crippen molar-refractivity contribution in [3.8, 4) is 0 Å². The normalized spacial score (nSPS) is 12.5. The molecule has 0 spiro atoms. The second kappa shape index (κ2) is 12.0. The van der Waals surface area contributed by atoms with E-state index in [9.17, 15) is 22.4 Å². The number of sulfonamides is 1. The van der Waals surface area contributed by atoms with Crippen LogP contribution in [0.2, 0.25) is 0 Å². The van der Waals surface area contributed by atoms with Gasteiger partial charge in [0.15, 0.2) is 0 Å². The lowest BCUT2D eigenvalue weighted by molar-refractivity contribution is -0.140. The summed E-state index contributed by atoms with van der Waals surface area (Å²) >= 11 is 0. The van der Waals surface area contributed by atoms with E-state index in [1.165, 1.54) is 17.0 Å². The summed E-state index contributed by atoms with van der Waals surface area (Å²) in [6.07, 6.45) is 0. The number of nitrogens with zero attached hydrogens (tertiary/aromatic N) is 2. The van der Waals surface area contributed by atoms with Crippen LogP contribution in [0.5, 0.6) is 0 Å². The number of hydrogen-bond acceptors (Lipinski definition) is 4. The summed E-state index contributed by atoms with van der Waals surface area (Å²) in [5.41, 5.74) is 2.44. The SMILES string of the molecule is Cc1ccc(N(CC(=O)N(Cc2ccccc2C)[C@H](C)C(=O)NC(C)(C)C)S(=O)(=O)c2ccc(F)cc2)cc1. The van der Waals surface area contributed by atoms with Crippen LogP contribution >= 0.6 is 0 Å². The van der Waals surface area contributed by atoms with Crippen molar-refractivity contribution in [3.05, 3.63) is 95.3 Å². The second-order valence-corrected chi connectivity index (χ2v) is 12.5. The molecule has 7 nitrogen and oxygen atoms in total. The highest BCUT2D eigenvalue weighted by Crippen LogP contribution is 2.25. The van der Waals surface area contributed by atoms with E-state index in [1.54, 1.807) is 31.2 Å². The first kappa shape index (κ1) is 29.8. The molecule has 2 amide bonds. The van der Waals surface area contributed by atoms with E-state index >= 15 is 0 Å². The first-order valence-corrected chi connectivity index (χ1v) is 14.1. The number of amides is 2. The average molecular weight is 554 g/mol. The summed E-state index contributed by atoms with van der Waals surface area (Å²) in [6.45, 7) is 10.5. The fraction of sp³-hybridized carbons (Fsp3) is 0.333. The Morgan fingerprint density at radius 2 is 1.51 bits per heavy atom. The fourth-order valence-corrected chi connectivity index (χ4v) is 5.42. The minimum absolute atomic E-state index is 0.114. The first-order valence-electron chi connectivity index (χ1n) is 12.7. The lowest BCUT2D eigenvalue weighted by Crippen LogP contribution is -2.54. The second-order valence-electron chi connectivity index (χ2n) is 10.7. The molecule has 0 fully saturated rings. The molecule has 0 aliphatic heterocycles. The number of carbonyl (C=O) groups excluding carboxylic acids is 2. The first-order chi connectivity index (χ1) is 18.2. The number of nitrogens with one attached hydrogen (secondary N) is 1. The Morgan fingerprint density at radius 3 is 2.08 bits per heavy atom. The Hall–Kier alpha value is -3.72. The van der Waals surface area contributed by atoms with Crippen molar-refractivity contribution in [2.75, 3.05) is 10.8 Å². The van der Waals surface area contributed by atoms with Crippen LogP contribution in [0.15, 0.2) is 77.7 Å². The topological polar surface area (TPSA) is 86.8 Å². The van der Waals surface area contributed by atoms with E-state index in [-0.39, 0.29) is 23.0 Å². The van der Waals surface area contributed by atoms with E-state index in [0.717, 1.165) is 33.1 Å². The highest BCUT2D eigenvalue weighted by Gasteiger charge is 2.33. The number of aryl methyl sites for hydroxylation is 2. The van der Waals surface area contributed by atoms with E-state index in [1.807, 2.05) is 58.9 Å². The van der Waals surface area contributed by atoms with Crippen LogP contribution in [0.4, 0.5) is 10.1 Å². The summed E-state index contributed by atoms with van der Waals surface area (Å²) in [5, 5.41) is 2.91. The highest BCUT2D eigenvalue weighted by molar-refractivity contribution is 7.92. The molecule has 3 rings (SSSR count). The lowest BCUT2D eigenvalue weighted by Gasteiger charge is -2.33. The molecule has 1 atom stereocenters. The molecular weight excluding hydrogens is 517 g/mol. The summed E-state index contributed by atoms with van der Waals surface area (Å²) < 4.78 is 42.1. The smallest absolute Gasteiger partial charge is 0.264 e. The van der Waals surface area contributed by atoms with Crippen LogP contribution in [-0.4, -0.2) is 43.3 Å².